The van der Waals surface area contributed by atoms with Gasteiger partial charge in [0.05, 0.1) is 0 Å². The van der Waals surface area contributed by atoms with Crippen molar-refractivity contribution in [3.05, 3.63) is 0 Å². The second-order valence-electron chi connectivity index (χ2n) is 3.87. The maximum Gasteiger partial charge on any atom is 0.191 e. The van der Waals surface area contributed by atoms with Crippen molar-refractivity contribution in [2.75, 3.05) is 0 Å². The van der Waals surface area contributed by atoms with Crippen LogP contribution in [0.5, 0.6) is 0 Å². The van der Waals surface area contributed by atoms with Crippen molar-refractivity contribution in [2.24, 2.45) is 0 Å². The van der Waals surface area contributed by atoms with Crippen LogP contribution in [0.4, 0.5) is 0 Å². The van der Waals surface area contributed by atoms with E-state index in [0.29, 0.717) is 0 Å². The van der Waals surface area contributed by atoms with Gasteiger partial charge in [0.2, 0.25) is 0 Å². The molecule has 1 radical (unpaired) electrons. The molecular weight excluding hydrogens is 182 g/mol. The number of unbranched alkanes of at least 4 members (excludes halogenated alkanes) is 1. The summed E-state index contributed by atoms with van der Waals surface area (Å²) in [6.07, 6.45) is 2.64. The number of hydrogen-bond acceptors (Lipinski definition) is 2. The van der Waals surface area contributed by atoms with E-state index in [0.717, 1.165) is 0 Å². The number of hydrogen-bond donors (Lipinski definition) is 1. The standard InChI is InChI=1S/C8H21OSi2.H3N/c1-6-7-8-11(4,5)9-10(2)3;/h6-8H2,1-5H3;1H3. The van der Waals surface area contributed by atoms with Crippen LogP contribution < -0.4 is 6.15 Å². The second-order valence-corrected chi connectivity index (χ2v) is 10.5. The first kappa shape index (κ1) is 14.9. The molecule has 2 nitrogen and oxygen atoms in total. The highest BCUT2D eigenvalue weighted by molar-refractivity contribution is 6.77. The van der Waals surface area contributed by atoms with Crippen molar-refractivity contribution >= 4 is 17.4 Å². The molecule has 0 saturated carbocycles. The normalized spacial score (nSPS) is 11.5. The van der Waals surface area contributed by atoms with Crippen molar-refractivity contribution in [3.63, 3.8) is 0 Å². The summed E-state index contributed by atoms with van der Waals surface area (Å²) in [5.41, 5.74) is 0. The molecule has 3 N–H and O–H groups in total. The van der Waals surface area contributed by atoms with Gasteiger partial charge in [-0.2, -0.15) is 0 Å². The lowest BCUT2D eigenvalue weighted by atomic mass is 10.4. The Morgan fingerprint density at radius 3 is 2.08 bits per heavy atom. The fourth-order valence-corrected chi connectivity index (χ4v) is 7.24. The van der Waals surface area contributed by atoms with Gasteiger partial charge in [0, 0.05) is 0 Å². The van der Waals surface area contributed by atoms with Crippen molar-refractivity contribution in [1.82, 2.24) is 6.15 Å². The van der Waals surface area contributed by atoms with Gasteiger partial charge in [-0.15, -0.1) is 0 Å². The Balaban J connectivity index is 0. The van der Waals surface area contributed by atoms with E-state index in [1.165, 1.54) is 18.9 Å². The molecule has 0 aliphatic heterocycles. The molecule has 0 rings (SSSR count). The van der Waals surface area contributed by atoms with Gasteiger partial charge in [-0.25, -0.2) is 0 Å². The molecule has 0 aromatic carbocycles. The summed E-state index contributed by atoms with van der Waals surface area (Å²) < 4.78 is 5.98. The second kappa shape index (κ2) is 6.83. The van der Waals surface area contributed by atoms with Crippen molar-refractivity contribution < 1.29 is 4.12 Å². The molecule has 12 heavy (non-hydrogen) atoms. The summed E-state index contributed by atoms with van der Waals surface area (Å²) >= 11 is 0. The first-order valence-electron chi connectivity index (χ1n) is 4.47. The Labute approximate surface area is 80.1 Å². The Kier molecular flexibility index (Phi) is 8.45. The quantitative estimate of drug-likeness (QED) is 0.701. The molecule has 0 spiro atoms. The molecule has 0 aliphatic carbocycles. The largest absolute Gasteiger partial charge is 0.456 e. The summed E-state index contributed by atoms with van der Waals surface area (Å²) in [5.74, 6) is 0. The Bertz CT molecular complexity index is 107. The van der Waals surface area contributed by atoms with E-state index >= 15 is 0 Å². The third-order valence-electron chi connectivity index (χ3n) is 1.61. The highest BCUT2D eigenvalue weighted by atomic mass is 28.4. The monoisotopic (exact) mass is 206 g/mol. The molecule has 0 atom stereocenters. The molecule has 4 heteroatoms. The predicted molar refractivity (Wildman–Crippen MR) is 60.8 cm³/mol. The maximum atomic E-state index is 5.98. The SMILES string of the molecule is CCCC[Si](C)(C)O[Si](C)C.N. The zero-order chi connectivity index (χ0) is 8.91. The molecule has 0 aromatic rings. The zero-order valence-electron chi connectivity index (χ0n) is 9.24. The summed E-state index contributed by atoms with van der Waals surface area (Å²) in [7, 11) is -1.70. The predicted octanol–water partition coefficient (Wildman–Crippen LogP) is 3.42. The summed E-state index contributed by atoms with van der Waals surface area (Å²) in [6.45, 7) is 11.4. The average molecular weight is 206 g/mol. The third kappa shape index (κ3) is 8.45. The highest BCUT2D eigenvalue weighted by Gasteiger charge is 2.22. The van der Waals surface area contributed by atoms with E-state index < -0.39 is 17.4 Å². The summed E-state index contributed by atoms with van der Waals surface area (Å²) in [4.78, 5) is 0. The Hall–Kier alpha value is 0.354. The van der Waals surface area contributed by atoms with Crippen LogP contribution in [0.3, 0.4) is 0 Å². The molecule has 0 unspecified atom stereocenters. The van der Waals surface area contributed by atoms with Crippen LogP contribution in [0.25, 0.3) is 0 Å². The van der Waals surface area contributed by atoms with E-state index in [1.54, 1.807) is 0 Å². The minimum absolute atomic E-state index is 0. The van der Waals surface area contributed by atoms with Gasteiger partial charge in [-0.3, -0.25) is 0 Å². The third-order valence-corrected chi connectivity index (χ3v) is 7.01. The fourth-order valence-electron chi connectivity index (χ4n) is 1.21. The van der Waals surface area contributed by atoms with Crippen LogP contribution in [0.15, 0.2) is 0 Å². The molecular formula is C8H24NOSi2. The van der Waals surface area contributed by atoms with Crippen LogP contribution >= 0.6 is 0 Å². The summed E-state index contributed by atoms with van der Waals surface area (Å²) in [6, 6.07) is 1.33. The lowest BCUT2D eigenvalue weighted by Crippen LogP contribution is -2.34. The maximum absolute atomic E-state index is 5.98. The van der Waals surface area contributed by atoms with Crippen molar-refractivity contribution in [2.45, 2.75) is 52.0 Å². The van der Waals surface area contributed by atoms with Gasteiger partial charge in [0.25, 0.3) is 0 Å². The molecule has 0 amide bonds. The van der Waals surface area contributed by atoms with Crippen LogP contribution in [-0.4, -0.2) is 17.4 Å². The fraction of sp³-hybridized carbons (Fsp3) is 1.00. The van der Waals surface area contributed by atoms with Gasteiger partial charge >= 0.3 is 0 Å². The molecule has 0 aliphatic rings. The van der Waals surface area contributed by atoms with Crippen LogP contribution in [0, 0.1) is 0 Å². The van der Waals surface area contributed by atoms with Crippen LogP contribution in [0.2, 0.25) is 32.2 Å². The van der Waals surface area contributed by atoms with Crippen molar-refractivity contribution in [1.29, 1.82) is 0 Å². The topological polar surface area (TPSA) is 44.2 Å². The lowest BCUT2D eigenvalue weighted by molar-refractivity contribution is 0.565. The lowest BCUT2D eigenvalue weighted by Gasteiger charge is -2.24. The molecule has 0 bridgehead atoms. The molecule has 0 heterocycles. The van der Waals surface area contributed by atoms with E-state index in [1.807, 2.05) is 0 Å². The van der Waals surface area contributed by atoms with E-state index in [9.17, 15) is 0 Å². The van der Waals surface area contributed by atoms with E-state index in [2.05, 4.69) is 33.1 Å². The average Bonchev–Trinajstić information content (AvgIpc) is 1.81. The minimum atomic E-state index is -1.24. The Morgan fingerprint density at radius 1 is 1.25 bits per heavy atom. The first-order valence-corrected chi connectivity index (χ1v) is 9.99. The van der Waals surface area contributed by atoms with Gasteiger partial charge in [0.15, 0.2) is 17.4 Å². The minimum Gasteiger partial charge on any atom is -0.456 e. The highest BCUT2D eigenvalue weighted by Crippen LogP contribution is 2.15. The molecule has 75 valence electrons. The van der Waals surface area contributed by atoms with E-state index in [-0.39, 0.29) is 6.15 Å². The van der Waals surface area contributed by atoms with Gasteiger partial charge in [-0.05, 0) is 32.2 Å². The Morgan fingerprint density at radius 2 is 1.75 bits per heavy atom. The van der Waals surface area contributed by atoms with Crippen LogP contribution in [-0.2, 0) is 4.12 Å². The molecule has 0 fully saturated rings. The molecule has 0 aromatic heterocycles. The first-order chi connectivity index (χ1) is 4.98. The van der Waals surface area contributed by atoms with E-state index in [4.69, 9.17) is 4.12 Å². The van der Waals surface area contributed by atoms with Gasteiger partial charge in [0.1, 0.15) is 0 Å². The zero-order valence-corrected chi connectivity index (χ0v) is 11.2. The van der Waals surface area contributed by atoms with Crippen molar-refractivity contribution in [3.8, 4) is 0 Å². The van der Waals surface area contributed by atoms with Crippen LogP contribution in [0.1, 0.15) is 19.8 Å². The smallest absolute Gasteiger partial charge is 0.191 e. The summed E-state index contributed by atoms with van der Waals surface area (Å²) in [5, 5.41) is 0. The van der Waals surface area contributed by atoms with Gasteiger partial charge in [-0.1, -0.05) is 19.8 Å². The number of rotatable bonds is 5. The molecule has 0 saturated heterocycles. The van der Waals surface area contributed by atoms with Gasteiger partial charge < -0.3 is 10.3 Å².